The van der Waals surface area contributed by atoms with Crippen molar-refractivity contribution in [3.8, 4) is 0 Å². The molecule has 4 aliphatic carbocycles. The number of hydrogen-bond acceptors (Lipinski definition) is 1. The molecule has 15 heavy (non-hydrogen) atoms. The van der Waals surface area contributed by atoms with Crippen LogP contribution >= 0.6 is 0 Å². The van der Waals surface area contributed by atoms with Crippen LogP contribution < -0.4 is 0 Å². The Morgan fingerprint density at radius 3 is 2.67 bits per heavy atom. The topological polar surface area (TPSA) is 17.1 Å². The fourth-order valence-corrected chi connectivity index (χ4v) is 4.55. The van der Waals surface area contributed by atoms with E-state index in [-0.39, 0.29) is 5.41 Å². The van der Waals surface area contributed by atoms with Gasteiger partial charge in [-0.05, 0) is 48.3 Å². The normalized spacial score (nSPS) is 56.8. The molecule has 0 unspecified atom stereocenters. The van der Waals surface area contributed by atoms with Crippen molar-refractivity contribution in [1.29, 1.82) is 0 Å². The summed E-state index contributed by atoms with van der Waals surface area (Å²) in [6, 6.07) is 0. The largest absolute Gasteiger partial charge is 0.303 e. The molecule has 4 rings (SSSR count). The Hall–Kier alpha value is -0.590. The van der Waals surface area contributed by atoms with Gasteiger partial charge in [0.2, 0.25) is 0 Å². The van der Waals surface area contributed by atoms with Gasteiger partial charge in [0.1, 0.15) is 6.29 Å². The third-order valence-electron chi connectivity index (χ3n) is 5.73. The average molecular weight is 204 g/mol. The van der Waals surface area contributed by atoms with Crippen LogP contribution in [0, 0.1) is 28.6 Å². The van der Waals surface area contributed by atoms with Gasteiger partial charge in [-0.2, -0.15) is 0 Å². The van der Waals surface area contributed by atoms with E-state index in [1.807, 2.05) is 0 Å². The Morgan fingerprint density at radius 1 is 1.27 bits per heavy atom. The molecule has 0 saturated heterocycles. The van der Waals surface area contributed by atoms with Crippen molar-refractivity contribution in [2.75, 3.05) is 0 Å². The highest BCUT2D eigenvalue weighted by atomic mass is 16.1. The van der Waals surface area contributed by atoms with Crippen LogP contribution in [-0.2, 0) is 4.79 Å². The molecule has 2 saturated carbocycles. The van der Waals surface area contributed by atoms with Crippen molar-refractivity contribution in [3.63, 3.8) is 0 Å². The van der Waals surface area contributed by atoms with Crippen LogP contribution in [0.3, 0.4) is 0 Å². The number of carbonyl (C=O) groups excluding carboxylic acids is 1. The maximum absolute atomic E-state index is 11.4. The molecule has 0 aliphatic heterocycles. The first-order valence-electron chi connectivity index (χ1n) is 6.28. The zero-order valence-electron chi connectivity index (χ0n) is 9.70. The zero-order chi connectivity index (χ0) is 10.7. The van der Waals surface area contributed by atoms with E-state index in [1.165, 1.54) is 32.0 Å². The number of allylic oxidation sites excluding steroid dienone is 2. The maximum atomic E-state index is 11.4. The Labute approximate surface area is 91.9 Å². The van der Waals surface area contributed by atoms with Crippen LogP contribution in [0.4, 0.5) is 0 Å². The summed E-state index contributed by atoms with van der Waals surface area (Å²) < 4.78 is 0. The molecule has 0 aromatic heterocycles. The third kappa shape index (κ3) is 0.971. The lowest BCUT2D eigenvalue weighted by molar-refractivity contribution is -0.122. The maximum Gasteiger partial charge on any atom is 0.124 e. The molecular formula is C14H20O. The van der Waals surface area contributed by atoms with E-state index in [2.05, 4.69) is 26.0 Å². The Balaban J connectivity index is 2.11. The standard InChI is InChI=1S/C14H20O/c1-10-3-4-11-12(9-15)13(2)5-7-14(10,11)8-6-13/h5,7,9-12H,3-4,6,8H2,1-2H3/t10-,11-,12+,13-,14+/m0/s1. The van der Waals surface area contributed by atoms with E-state index >= 15 is 0 Å². The smallest absolute Gasteiger partial charge is 0.124 e. The predicted octanol–water partition coefficient (Wildman–Crippen LogP) is 3.20. The van der Waals surface area contributed by atoms with Gasteiger partial charge >= 0.3 is 0 Å². The molecule has 1 spiro atoms. The lowest BCUT2D eigenvalue weighted by Gasteiger charge is -2.55. The van der Waals surface area contributed by atoms with Gasteiger partial charge in [-0.1, -0.05) is 26.0 Å². The van der Waals surface area contributed by atoms with Crippen LogP contribution in [0.1, 0.15) is 39.5 Å². The van der Waals surface area contributed by atoms with Crippen LogP contribution in [-0.4, -0.2) is 6.29 Å². The molecule has 0 heterocycles. The zero-order valence-corrected chi connectivity index (χ0v) is 9.70. The summed E-state index contributed by atoms with van der Waals surface area (Å²) in [5, 5.41) is 0. The molecule has 82 valence electrons. The predicted molar refractivity (Wildman–Crippen MR) is 60.4 cm³/mol. The number of fused-ring (bicyclic) bond motifs is 1. The van der Waals surface area contributed by atoms with E-state index in [9.17, 15) is 4.79 Å². The van der Waals surface area contributed by atoms with E-state index in [4.69, 9.17) is 0 Å². The van der Waals surface area contributed by atoms with Crippen molar-refractivity contribution in [2.24, 2.45) is 28.6 Å². The molecule has 0 aromatic carbocycles. The minimum atomic E-state index is 0.179. The molecule has 1 nitrogen and oxygen atoms in total. The van der Waals surface area contributed by atoms with E-state index in [0.717, 1.165) is 5.92 Å². The second kappa shape index (κ2) is 2.75. The quantitative estimate of drug-likeness (QED) is 0.473. The number of carbonyl (C=O) groups is 1. The summed E-state index contributed by atoms with van der Waals surface area (Å²) >= 11 is 0. The SMILES string of the molecule is C[C@H]1CC[C@H]2[C@@H](C=O)[C@@]3(C)C=C[C@@]12CC3. The van der Waals surface area contributed by atoms with Gasteiger partial charge in [-0.25, -0.2) is 0 Å². The first-order valence-corrected chi connectivity index (χ1v) is 6.28. The van der Waals surface area contributed by atoms with Crippen molar-refractivity contribution in [2.45, 2.75) is 39.5 Å². The molecule has 2 bridgehead atoms. The number of hydrogen-bond donors (Lipinski definition) is 0. The van der Waals surface area contributed by atoms with E-state index < -0.39 is 0 Å². The van der Waals surface area contributed by atoms with Crippen molar-refractivity contribution in [1.82, 2.24) is 0 Å². The monoisotopic (exact) mass is 204 g/mol. The lowest BCUT2D eigenvalue weighted by Crippen LogP contribution is -2.50. The van der Waals surface area contributed by atoms with Gasteiger partial charge in [0, 0.05) is 5.92 Å². The van der Waals surface area contributed by atoms with Gasteiger partial charge in [0.25, 0.3) is 0 Å². The van der Waals surface area contributed by atoms with Gasteiger partial charge in [-0.15, -0.1) is 0 Å². The molecule has 1 heteroatoms. The van der Waals surface area contributed by atoms with Crippen molar-refractivity contribution in [3.05, 3.63) is 12.2 Å². The second-order valence-corrected chi connectivity index (χ2v) is 6.20. The van der Waals surface area contributed by atoms with Crippen molar-refractivity contribution >= 4 is 6.29 Å². The minimum Gasteiger partial charge on any atom is -0.303 e. The fourth-order valence-electron chi connectivity index (χ4n) is 4.55. The Bertz CT molecular complexity index is 332. The molecular weight excluding hydrogens is 184 g/mol. The summed E-state index contributed by atoms with van der Waals surface area (Å²) in [7, 11) is 0. The van der Waals surface area contributed by atoms with Crippen LogP contribution in [0.25, 0.3) is 0 Å². The molecule has 0 aromatic rings. The van der Waals surface area contributed by atoms with Crippen molar-refractivity contribution < 1.29 is 4.79 Å². The second-order valence-electron chi connectivity index (χ2n) is 6.20. The van der Waals surface area contributed by atoms with Crippen LogP contribution in [0.15, 0.2) is 12.2 Å². The molecule has 2 fully saturated rings. The number of rotatable bonds is 1. The van der Waals surface area contributed by atoms with Crippen LogP contribution in [0.2, 0.25) is 0 Å². The van der Waals surface area contributed by atoms with E-state index in [1.54, 1.807) is 0 Å². The Kier molecular flexibility index (Phi) is 1.76. The highest BCUT2D eigenvalue weighted by Crippen LogP contribution is 2.66. The fraction of sp³-hybridized carbons (Fsp3) is 0.786. The summed E-state index contributed by atoms with van der Waals surface area (Å²) in [6.07, 6.45) is 11.2. The summed E-state index contributed by atoms with van der Waals surface area (Å²) in [4.78, 5) is 11.4. The summed E-state index contributed by atoms with van der Waals surface area (Å²) in [6.45, 7) is 4.65. The number of aldehydes is 1. The lowest BCUT2D eigenvalue weighted by atomic mass is 9.48. The highest BCUT2D eigenvalue weighted by molar-refractivity contribution is 5.59. The molecule has 0 amide bonds. The van der Waals surface area contributed by atoms with Gasteiger partial charge < -0.3 is 4.79 Å². The van der Waals surface area contributed by atoms with E-state index in [0.29, 0.717) is 17.3 Å². The molecule has 0 radical (unpaired) electrons. The third-order valence-corrected chi connectivity index (χ3v) is 5.73. The van der Waals surface area contributed by atoms with Gasteiger partial charge in [0.15, 0.2) is 0 Å². The molecule has 0 N–H and O–H groups in total. The summed E-state index contributed by atoms with van der Waals surface area (Å²) in [5.41, 5.74) is 0.571. The highest BCUT2D eigenvalue weighted by Gasteiger charge is 2.59. The first kappa shape index (κ1) is 9.62. The first-order chi connectivity index (χ1) is 7.12. The molecule has 4 aliphatic rings. The summed E-state index contributed by atoms with van der Waals surface area (Å²) in [5.74, 6) is 1.72. The van der Waals surface area contributed by atoms with Crippen LogP contribution in [0.5, 0.6) is 0 Å². The van der Waals surface area contributed by atoms with Gasteiger partial charge in [0.05, 0.1) is 0 Å². The minimum absolute atomic E-state index is 0.179. The Morgan fingerprint density at radius 2 is 2.07 bits per heavy atom. The average Bonchev–Trinajstić information content (AvgIpc) is 2.56. The molecule has 5 atom stereocenters. The van der Waals surface area contributed by atoms with Gasteiger partial charge in [-0.3, -0.25) is 0 Å².